The minimum Gasteiger partial charge on any atom is -0.208 e. The van der Waals surface area contributed by atoms with Crippen LogP contribution in [0.1, 0.15) is 13.3 Å². The van der Waals surface area contributed by atoms with Crippen molar-refractivity contribution in [2.75, 3.05) is 0 Å². The first-order valence-corrected chi connectivity index (χ1v) is 3.37. The van der Waals surface area contributed by atoms with Crippen LogP contribution < -0.4 is 0 Å². The molecule has 0 aromatic heterocycles. The summed E-state index contributed by atoms with van der Waals surface area (Å²) in [7, 11) is 0. The zero-order chi connectivity index (χ0) is 9.28. The summed E-state index contributed by atoms with van der Waals surface area (Å²) >= 11 is 0. The Morgan fingerprint density at radius 2 is 1.73 bits per heavy atom. The summed E-state index contributed by atoms with van der Waals surface area (Å²) in [6, 6.07) is 0. The molecule has 0 aliphatic rings. The Balaban J connectivity index is 0. The monoisotopic (exact) mass is 154 g/mol. The maximum atomic E-state index is 11.9. The van der Waals surface area contributed by atoms with E-state index in [9.17, 15) is 4.39 Å². The van der Waals surface area contributed by atoms with Crippen molar-refractivity contribution < 1.29 is 4.39 Å². The molecule has 0 aliphatic carbocycles. The maximum absolute atomic E-state index is 11.9. The third-order valence-electron chi connectivity index (χ3n) is 0.954. The fourth-order valence-electron chi connectivity index (χ4n) is 0.326. The molecule has 0 aromatic rings. The van der Waals surface area contributed by atoms with Gasteiger partial charge in [0.25, 0.3) is 0 Å². The van der Waals surface area contributed by atoms with Crippen molar-refractivity contribution in [1.82, 2.24) is 0 Å². The van der Waals surface area contributed by atoms with Crippen molar-refractivity contribution in [2.45, 2.75) is 13.3 Å². The van der Waals surface area contributed by atoms with E-state index in [1.807, 2.05) is 6.92 Å². The molecule has 11 heavy (non-hydrogen) atoms. The molecular formula is C10H15F. The number of rotatable bonds is 3. The van der Waals surface area contributed by atoms with Crippen LogP contribution in [-0.4, -0.2) is 0 Å². The Morgan fingerprint density at radius 3 is 2.00 bits per heavy atom. The zero-order valence-electron chi connectivity index (χ0n) is 7.07. The fourth-order valence-corrected chi connectivity index (χ4v) is 0.326. The lowest BCUT2D eigenvalue weighted by Crippen LogP contribution is -1.68. The molecule has 1 heteroatoms. The molecule has 0 aromatic carbocycles. The van der Waals surface area contributed by atoms with E-state index in [1.165, 1.54) is 6.08 Å². The van der Waals surface area contributed by atoms with Crippen LogP contribution in [0.2, 0.25) is 0 Å². The first-order chi connectivity index (χ1) is 5.16. The van der Waals surface area contributed by atoms with Crippen molar-refractivity contribution in [2.24, 2.45) is 0 Å². The normalized spacial score (nSPS) is 8.55. The summed E-state index contributed by atoms with van der Waals surface area (Å²) in [5.74, 6) is -0.426. The quantitative estimate of drug-likeness (QED) is 0.428. The molecule has 0 nitrogen and oxygen atoms in total. The Bertz CT molecular complexity index is 154. The van der Waals surface area contributed by atoms with Gasteiger partial charge in [-0.2, -0.15) is 0 Å². The van der Waals surface area contributed by atoms with Gasteiger partial charge in [0.15, 0.2) is 0 Å². The fraction of sp³-hybridized carbons (Fsp3) is 0.200. The molecule has 0 amide bonds. The highest BCUT2D eigenvalue weighted by Crippen LogP contribution is 2.01. The highest BCUT2D eigenvalue weighted by Gasteiger charge is 1.81. The summed E-state index contributed by atoms with van der Waals surface area (Å²) in [5, 5.41) is 0. The summed E-state index contributed by atoms with van der Waals surface area (Å²) in [4.78, 5) is 0. The predicted molar refractivity (Wildman–Crippen MR) is 50.1 cm³/mol. The minimum atomic E-state index is -0.426. The molecule has 0 N–H and O–H groups in total. The van der Waals surface area contributed by atoms with E-state index in [1.54, 1.807) is 6.08 Å². The van der Waals surface area contributed by atoms with Crippen LogP contribution in [0.25, 0.3) is 0 Å². The lowest BCUT2D eigenvalue weighted by molar-refractivity contribution is 0.671. The van der Waals surface area contributed by atoms with E-state index in [-0.39, 0.29) is 0 Å². The second-order valence-electron chi connectivity index (χ2n) is 1.79. The average Bonchev–Trinajstić information content (AvgIpc) is 2.04. The Labute approximate surface area is 68.4 Å². The first kappa shape index (κ1) is 12.6. The molecule has 0 spiro atoms. The van der Waals surface area contributed by atoms with Gasteiger partial charge in [-0.3, -0.25) is 0 Å². The van der Waals surface area contributed by atoms with Gasteiger partial charge in [0.05, 0.1) is 0 Å². The lowest BCUT2D eigenvalue weighted by atomic mass is 10.2. The molecule has 0 fully saturated rings. The van der Waals surface area contributed by atoms with Gasteiger partial charge in [0.2, 0.25) is 0 Å². The second kappa shape index (κ2) is 8.89. The van der Waals surface area contributed by atoms with Crippen LogP contribution in [0.15, 0.2) is 49.9 Å². The van der Waals surface area contributed by atoms with Crippen LogP contribution in [0.5, 0.6) is 0 Å². The standard InChI is InChI=1S/C8H11F.C2H4/c1-4-7(2)5-6-8(3)9;1-2/h5-6H,2-4H2,1H3;1-2H2/b6-5-;. The molecule has 0 saturated carbocycles. The van der Waals surface area contributed by atoms with E-state index < -0.39 is 5.83 Å². The van der Waals surface area contributed by atoms with Crippen LogP contribution in [0, 0.1) is 0 Å². The van der Waals surface area contributed by atoms with Gasteiger partial charge in [-0.1, -0.05) is 31.7 Å². The lowest BCUT2D eigenvalue weighted by Gasteiger charge is -1.88. The third kappa shape index (κ3) is 12.2. The summed E-state index contributed by atoms with van der Waals surface area (Å²) in [6.45, 7) is 14.7. The maximum Gasteiger partial charge on any atom is 0.116 e. The van der Waals surface area contributed by atoms with Gasteiger partial charge in [0.1, 0.15) is 5.83 Å². The Kier molecular flexibility index (Phi) is 10.1. The average molecular weight is 154 g/mol. The molecule has 0 heterocycles. The molecule has 0 rings (SSSR count). The molecule has 0 radical (unpaired) electrons. The SMILES string of the molecule is C=C.C=C(F)/C=C\C(=C)CC. The van der Waals surface area contributed by atoms with Crippen molar-refractivity contribution >= 4 is 0 Å². The number of allylic oxidation sites excluding steroid dienone is 4. The Hall–Kier alpha value is -1.11. The topological polar surface area (TPSA) is 0 Å². The van der Waals surface area contributed by atoms with Gasteiger partial charge in [0, 0.05) is 0 Å². The van der Waals surface area contributed by atoms with Crippen LogP contribution in [-0.2, 0) is 0 Å². The molecule has 0 bridgehead atoms. The molecular weight excluding hydrogens is 139 g/mol. The number of halogens is 1. The van der Waals surface area contributed by atoms with Crippen molar-refractivity contribution in [3.63, 3.8) is 0 Å². The molecule has 0 atom stereocenters. The van der Waals surface area contributed by atoms with Crippen molar-refractivity contribution in [3.05, 3.63) is 49.9 Å². The van der Waals surface area contributed by atoms with Crippen LogP contribution >= 0.6 is 0 Å². The summed E-state index contributed by atoms with van der Waals surface area (Å²) in [6.07, 6.45) is 3.79. The summed E-state index contributed by atoms with van der Waals surface area (Å²) < 4.78 is 11.9. The van der Waals surface area contributed by atoms with Gasteiger partial charge in [-0.15, -0.1) is 13.2 Å². The molecule has 0 aliphatic heterocycles. The largest absolute Gasteiger partial charge is 0.208 e. The highest BCUT2D eigenvalue weighted by molar-refractivity contribution is 5.20. The molecule has 62 valence electrons. The highest BCUT2D eigenvalue weighted by atomic mass is 19.1. The number of hydrogen-bond donors (Lipinski definition) is 0. The van der Waals surface area contributed by atoms with Gasteiger partial charge in [-0.05, 0) is 12.5 Å². The smallest absolute Gasteiger partial charge is 0.116 e. The van der Waals surface area contributed by atoms with Crippen molar-refractivity contribution in [1.29, 1.82) is 0 Å². The Morgan fingerprint density at radius 1 is 1.27 bits per heavy atom. The second-order valence-corrected chi connectivity index (χ2v) is 1.79. The van der Waals surface area contributed by atoms with E-state index >= 15 is 0 Å². The van der Waals surface area contributed by atoms with Crippen LogP contribution in [0.4, 0.5) is 4.39 Å². The zero-order valence-corrected chi connectivity index (χ0v) is 7.07. The molecule has 0 saturated heterocycles. The van der Waals surface area contributed by atoms with E-state index in [0.29, 0.717) is 0 Å². The van der Waals surface area contributed by atoms with Gasteiger partial charge < -0.3 is 0 Å². The molecule has 0 unspecified atom stereocenters. The predicted octanol–water partition coefficient (Wildman–Crippen LogP) is 3.79. The summed E-state index contributed by atoms with van der Waals surface area (Å²) in [5.41, 5.74) is 0.911. The van der Waals surface area contributed by atoms with E-state index in [4.69, 9.17) is 0 Å². The number of hydrogen-bond acceptors (Lipinski definition) is 0. The van der Waals surface area contributed by atoms with Crippen LogP contribution in [0.3, 0.4) is 0 Å². The minimum absolute atomic E-state index is 0.426. The van der Waals surface area contributed by atoms with Crippen molar-refractivity contribution in [3.8, 4) is 0 Å². The van der Waals surface area contributed by atoms with E-state index in [2.05, 4.69) is 26.3 Å². The van der Waals surface area contributed by atoms with E-state index in [0.717, 1.165) is 12.0 Å². The first-order valence-electron chi connectivity index (χ1n) is 3.37. The van der Waals surface area contributed by atoms with Gasteiger partial charge in [-0.25, -0.2) is 4.39 Å². The van der Waals surface area contributed by atoms with Gasteiger partial charge >= 0.3 is 0 Å². The third-order valence-corrected chi connectivity index (χ3v) is 0.954.